The van der Waals surface area contributed by atoms with E-state index in [0.29, 0.717) is 23.3 Å². The molecule has 0 aliphatic heterocycles. The van der Waals surface area contributed by atoms with Crippen molar-refractivity contribution in [1.82, 2.24) is 9.55 Å². The highest BCUT2D eigenvalue weighted by Gasteiger charge is 2.14. The number of aryl methyl sites for hydroxylation is 2. The molecule has 5 heteroatoms. The summed E-state index contributed by atoms with van der Waals surface area (Å²) in [6.45, 7) is 1.96. The zero-order chi connectivity index (χ0) is 18.3. The number of benzene rings is 2. The molecular weight excluding hydrogens is 326 g/mol. The second-order valence-electron chi connectivity index (χ2n) is 6.49. The molecule has 2 N–H and O–H groups in total. The van der Waals surface area contributed by atoms with Crippen LogP contribution < -0.4 is 11.4 Å². The van der Waals surface area contributed by atoms with Crippen LogP contribution in [-0.4, -0.2) is 9.55 Å². The molecule has 0 unspecified atom stereocenters. The number of nitrogens with zero attached hydrogens (tertiary/aromatic N) is 2. The minimum Gasteiger partial charge on any atom is -0.422 e. The molecule has 26 heavy (non-hydrogen) atoms. The number of hydrogen-bond donors (Lipinski definition) is 1. The van der Waals surface area contributed by atoms with Gasteiger partial charge >= 0.3 is 5.63 Å². The first-order valence-electron chi connectivity index (χ1n) is 8.41. The van der Waals surface area contributed by atoms with Crippen LogP contribution in [0.15, 0.2) is 64.1 Å². The van der Waals surface area contributed by atoms with E-state index in [2.05, 4.69) is 4.98 Å². The Morgan fingerprint density at radius 1 is 1.19 bits per heavy atom. The molecule has 0 fully saturated rings. The van der Waals surface area contributed by atoms with Gasteiger partial charge in [-0.05, 0) is 36.2 Å². The Morgan fingerprint density at radius 3 is 2.77 bits per heavy atom. The maximum Gasteiger partial charge on any atom is 0.340 e. The maximum atomic E-state index is 12.6. The summed E-state index contributed by atoms with van der Waals surface area (Å²) in [5.41, 5.74) is 10.3. The van der Waals surface area contributed by atoms with Crippen LogP contribution in [0.5, 0.6) is 0 Å². The lowest BCUT2D eigenvalue weighted by molar-refractivity contribution is 0.551. The molecule has 0 spiro atoms. The number of imidazole rings is 1. The van der Waals surface area contributed by atoms with Crippen LogP contribution in [0, 0.1) is 6.92 Å². The molecule has 0 bridgehead atoms. The van der Waals surface area contributed by atoms with Crippen LogP contribution in [0.1, 0.15) is 16.7 Å². The van der Waals surface area contributed by atoms with Crippen molar-refractivity contribution in [3.8, 4) is 11.4 Å². The fourth-order valence-corrected chi connectivity index (χ4v) is 3.29. The molecule has 4 aromatic rings. The van der Waals surface area contributed by atoms with E-state index < -0.39 is 0 Å². The highest BCUT2D eigenvalue weighted by atomic mass is 16.4. The van der Waals surface area contributed by atoms with Crippen molar-refractivity contribution >= 4 is 16.7 Å². The summed E-state index contributed by atoms with van der Waals surface area (Å²) >= 11 is 0. The largest absolute Gasteiger partial charge is 0.422 e. The van der Waals surface area contributed by atoms with Gasteiger partial charge in [-0.15, -0.1) is 0 Å². The van der Waals surface area contributed by atoms with E-state index in [1.807, 2.05) is 67.2 Å². The Hall–Kier alpha value is -3.34. The molecule has 0 amide bonds. The summed E-state index contributed by atoms with van der Waals surface area (Å²) < 4.78 is 7.56. The lowest BCUT2D eigenvalue weighted by Gasteiger charge is -2.10. The maximum absolute atomic E-state index is 12.6. The number of fused-ring (bicyclic) bond motifs is 1. The zero-order valence-electron chi connectivity index (χ0n) is 14.7. The summed E-state index contributed by atoms with van der Waals surface area (Å²) in [5.74, 6) is 0.830. The number of anilines is 1. The Labute approximate surface area is 150 Å². The molecule has 0 atom stereocenters. The van der Waals surface area contributed by atoms with E-state index in [-0.39, 0.29) is 5.63 Å². The molecule has 2 aromatic heterocycles. The third-order valence-electron chi connectivity index (χ3n) is 4.70. The SMILES string of the molecule is Cc1c(Cc2cccc(N)c2)c(=O)oc2cc(-c3nccn3C)ccc12. The van der Waals surface area contributed by atoms with Crippen molar-refractivity contribution in [1.29, 1.82) is 0 Å². The molecule has 0 aliphatic carbocycles. The van der Waals surface area contributed by atoms with Crippen molar-refractivity contribution in [2.24, 2.45) is 7.05 Å². The monoisotopic (exact) mass is 345 g/mol. The number of nitrogen functional groups attached to an aromatic ring is 1. The Balaban J connectivity index is 1.82. The summed E-state index contributed by atoms with van der Waals surface area (Å²) in [7, 11) is 1.93. The van der Waals surface area contributed by atoms with Crippen LogP contribution in [0.3, 0.4) is 0 Å². The van der Waals surface area contributed by atoms with Gasteiger partial charge in [-0.25, -0.2) is 9.78 Å². The minimum absolute atomic E-state index is 0.311. The van der Waals surface area contributed by atoms with Gasteiger partial charge in [-0.3, -0.25) is 0 Å². The normalized spacial score (nSPS) is 11.2. The van der Waals surface area contributed by atoms with Gasteiger partial charge in [-0.1, -0.05) is 24.3 Å². The average molecular weight is 345 g/mol. The minimum atomic E-state index is -0.311. The van der Waals surface area contributed by atoms with Gasteiger partial charge in [0, 0.05) is 48.1 Å². The van der Waals surface area contributed by atoms with E-state index in [1.54, 1.807) is 6.20 Å². The van der Waals surface area contributed by atoms with Gasteiger partial charge in [0.15, 0.2) is 0 Å². The quantitative estimate of drug-likeness (QED) is 0.454. The van der Waals surface area contributed by atoms with E-state index in [1.165, 1.54) is 0 Å². The predicted molar refractivity (Wildman–Crippen MR) is 103 cm³/mol. The fraction of sp³-hybridized carbons (Fsp3) is 0.143. The summed E-state index contributed by atoms with van der Waals surface area (Å²) in [6.07, 6.45) is 4.13. The van der Waals surface area contributed by atoms with E-state index in [9.17, 15) is 4.79 Å². The van der Waals surface area contributed by atoms with Crippen molar-refractivity contribution in [2.45, 2.75) is 13.3 Å². The second-order valence-corrected chi connectivity index (χ2v) is 6.49. The highest BCUT2D eigenvalue weighted by Crippen LogP contribution is 2.26. The van der Waals surface area contributed by atoms with Gasteiger partial charge in [0.25, 0.3) is 0 Å². The van der Waals surface area contributed by atoms with Gasteiger partial charge in [0.05, 0.1) is 0 Å². The van der Waals surface area contributed by atoms with Crippen LogP contribution in [0.2, 0.25) is 0 Å². The summed E-state index contributed by atoms with van der Waals surface area (Å²) in [5, 5.41) is 0.932. The molecule has 2 heterocycles. The first kappa shape index (κ1) is 16.1. The third-order valence-corrected chi connectivity index (χ3v) is 4.70. The van der Waals surface area contributed by atoms with E-state index in [0.717, 1.165) is 27.9 Å². The zero-order valence-corrected chi connectivity index (χ0v) is 14.7. The van der Waals surface area contributed by atoms with Gasteiger partial charge in [-0.2, -0.15) is 0 Å². The van der Waals surface area contributed by atoms with Gasteiger partial charge in [0.2, 0.25) is 0 Å². The standard InChI is InChI=1S/C21H19N3O2/c1-13-17-7-6-15(20-23-8-9-24(20)2)12-19(17)26-21(25)18(13)11-14-4-3-5-16(22)10-14/h3-10,12H,11,22H2,1-2H3. The third kappa shape index (κ3) is 2.77. The Morgan fingerprint density at radius 2 is 2.04 bits per heavy atom. The number of aromatic nitrogens is 2. The second kappa shape index (κ2) is 6.19. The summed E-state index contributed by atoms with van der Waals surface area (Å²) in [6, 6.07) is 13.4. The fourth-order valence-electron chi connectivity index (χ4n) is 3.29. The smallest absolute Gasteiger partial charge is 0.340 e. The molecular formula is C21H19N3O2. The Bertz CT molecular complexity index is 1170. The highest BCUT2D eigenvalue weighted by molar-refractivity contribution is 5.85. The van der Waals surface area contributed by atoms with Crippen LogP contribution in [-0.2, 0) is 13.5 Å². The number of rotatable bonds is 3. The van der Waals surface area contributed by atoms with Crippen LogP contribution >= 0.6 is 0 Å². The molecule has 0 radical (unpaired) electrons. The van der Waals surface area contributed by atoms with Crippen molar-refractivity contribution in [3.63, 3.8) is 0 Å². The first-order valence-corrected chi connectivity index (χ1v) is 8.41. The van der Waals surface area contributed by atoms with Gasteiger partial charge in [0.1, 0.15) is 11.4 Å². The van der Waals surface area contributed by atoms with Crippen LogP contribution in [0.25, 0.3) is 22.4 Å². The summed E-state index contributed by atoms with van der Waals surface area (Å²) in [4.78, 5) is 16.9. The molecule has 2 aromatic carbocycles. The number of hydrogen-bond acceptors (Lipinski definition) is 4. The van der Waals surface area contributed by atoms with Gasteiger partial charge < -0.3 is 14.7 Å². The average Bonchev–Trinajstić information content (AvgIpc) is 3.04. The lowest BCUT2D eigenvalue weighted by atomic mass is 9.98. The molecule has 130 valence electrons. The molecule has 0 saturated heterocycles. The number of nitrogens with two attached hydrogens (primary N) is 1. The van der Waals surface area contributed by atoms with E-state index in [4.69, 9.17) is 10.2 Å². The van der Waals surface area contributed by atoms with Crippen molar-refractivity contribution in [2.75, 3.05) is 5.73 Å². The Kier molecular flexibility index (Phi) is 3.84. The van der Waals surface area contributed by atoms with E-state index >= 15 is 0 Å². The molecule has 5 nitrogen and oxygen atoms in total. The topological polar surface area (TPSA) is 74.1 Å². The molecule has 4 rings (SSSR count). The molecule has 0 aliphatic rings. The molecule has 0 saturated carbocycles. The predicted octanol–water partition coefficient (Wildman–Crippen LogP) is 3.67. The van der Waals surface area contributed by atoms with Crippen molar-refractivity contribution < 1.29 is 4.42 Å². The lowest BCUT2D eigenvalue weighted by Crippen LogP contribution is -2.11. The van der Waals surface area contributed by atoms with Crippen molar-refractivity contribution in [3.05, 3.63) is 82.0 Å². The first-order chi connectivity index (χ1) is 12.5. The van der Waals surface area contributed by atoms with Crippen LogP contribution in [0.4, 0.5) is 5.69 Å².